The molecule has 104 valence electrons. The van der Waals surface area contributed by atoms with Crippen molar-refractivity contribution < 1.29 is 9.59 Å². The van der Waals surface area contributed by atoms with E-state index in [-0.39, 0.29) is 23.9 Å². The van der Waals surface area contributed by atoms with Crippen LogP contribution in [-0.4, -0.2) is 34.3 Å². The van der Waals surface area contributed by atoms with Gasteiger partial charge in [-0.05, 0) is 32.6 Å². The molecule has 0 radical (unpaired) electrons. The first-order valence-electron chi connectivity index (χ1n) is 6.93. The number of nitrogens with zero attached hydrogens (tertiary/aromatic N) is 1. The molecule has 1 rings (SSSR count). The monoisotopic (exact) mass is 254 g/mol. The van der Waals surface area contributed by atoms with E-state index < -0.39 is 5.54 Å². The Labute approximate surface area is 110 Å². The maximum absolute atomic E-state index is 12.7. The second-order valence-electron chi connectivity index (χ2n) is 5.78. The fourth-order valence-electron chi connectivity index (χ4n) is 2.68. The maximum atomic E-state index is 12.7. The minimum atomic E-state index is -0.744. The fraction of sp³-hybridized carbons (Fsp3) is 0.857. The Hall–Kier alpha value is -1.06. The lowest BCUT2D eigenvalue weighted by molar-refractivity contribution is -0.157. The largest absolute Gasteiger partial charge is 0.340 e. The highest BCUT2D eigenvalue weighted by molar-refractivity contribution is 5.99. The first-order chi connectivity index (χ1) is 8.28. The van der Waals surface area contributed by atoms with Gasteiger partial charge in [0.05, 0.1) is 0 Å². The number of hydrogen-bond donors (Lipinski definition) is 1. The highest BCUT2D eigenvalue weighted by atomic mass is 16.2. The zero-order valence-electron chi connectivity index (χ0n) is 12.4. The molecule has 0 saturated carbocycles. The van der Waals surface area contributed by atoms with Crippen molar-refractivity contribution in [3.8, 4) is 0 Å². The lowest BCUT2D eigenvalue weighted by Crippen LogP contribution is -2.70. The number of amides is 2. The highest BCUT2D eigenvalue weighted by Crippen LogP contribution is 2.27. The third-order valence-electron chi connectivity index (χ3n) is 4.15. The molecule has 1 fully saturated rings. The normalized spacial score (nSPS) is 30.6. The van der Waals surface area contributed by atoms with Gasteiger partial charge in [-0.15, -0.1) is 0 Å². The Kier molecular flexibility index (Phi) is 4.41. The molecule has 0 aromatic heterocycles. The van der Waals surface area contributed by atoms with Gasteiger partial charge < -0.3 is 10.2 Å². The standard InChI is InChI=1S/C14H26N2O2/c1-7-11(9(3)4)16-10(5)12(17)15-14(6,8-2)13(16)18/h9-11H,7-8H2,1-6H3,(H,15,17). The fourth-order valence-corrected chi connectivity index (χ4v) is 2.68. The van der Waals surface area contributed by atoms with Crippen LogP contribution in [0.4, 0.5) is 0 Å². The van der Waals surface area contributed by atoms with Crippen LogP contribution in [0.3, 0.4) is 0 Å². The molecule has 18 heavy (non-hydrogen) atoms. The number of carbonyl (C=O) groups excluding carboxylic acids is 2. The molecule has 4 heteroatoms. The van der Waals surface area contributed by atoms with Gasteiger partial charge in [0.25, 0.3) is 0 Å². The van der Waals surface area contributed by atoms with E-state index in [2.05, 4.69) is 26.1 Å². The zero-order chi connectivity index (χ0) is 14.1. The molecule has 0 aromatic carbocycles. The van der Waals surface area contributed by atoms with Gasteiger partial charge in [-0.2, -0.15) is 0 Å². The topological polar surface area (TPSA) is 49.4 Å². The third-order valence-corrected chi connectivity index (χ3v) is 4.15. The summed E-state index contributed by atoms with van der Waals surface area (Å²) in [6.45, 7) is 11.8. The molecule has 1 aliphatic heterocycles. The second kappa shape index (κ2) is 5.29. The van der Waals surface area contributed by atoms with Gasteiger partial charge in [0.1, 0.15) is 11.6 Å². The molecule has 1 N–H and O–H groups in total. The summed E-state index contributed by atoms with van der Waals surface area (Å²) in [5.41, 5.74) is -0.744. The Balaban J connectivity index is 3.13. The van der Waals surface area contributed by atoms with E-state index >= 15 is 0 Å². The van der Waals surface area contributed by atoms with Crippen LogP contribution < -0.4 is 5.32 Å². The second-order valence-corrected chi connectivity index (χ2v) is 5.78. The Morgan fingerprint density at radius 1 is 1.33 bits per heavy atom. The van der Waals surface area contributed by atoms with Crippen molar-refractivity contribution >= 4 is 11.8 Å². The summed E-state index contributed by atoms with van der Waals surface area (Å²) in [6.07, 6.45) is 1.50. The van der Waals surface area contributed by atoms with Crippen molar-refractivity contribution in [3.05, 3.63) is 0 Å². The van der Waals surface area contributed by atoms with E-state index in [4.69, 9.17) is 0 Å². The summed E-state index contributed by atoms with van der Waals surface area (Å²) in [4.78, 5) is 26.5. The molecule has 0 aromatic rings. The van der Waals surface area contributed by atoms with Crippen LogP contribution in [0.25, 0.3) is 0 Å². The molecule has 1 saturated heterocycles. The van der Waals surface area contributed by atoms with Crippen molar-refractivity contribution in [1.82, 2.24) is 10.2 Å². The summed E-state index contributed by atoms with van der Waals surface area (Å²) in [7, 11) is 0. The number of nitrogens with one attached hydrogen (secondary N) is 1. The van der Waals surface area contributed by atoms with E-state index in [1.165, 1.54) is 0 Å². The van der Waals surface area contributed by atoms with Crippen molar-refractivity contribution in [2.75, 3.05) is 0 Å². The van der Waals surface area contributed by atoms with Gasteiger partial charge in [0, 0.05) is 6.04 Å². The zero-order valence-corrected chi connectivity index (χ0v) is 12.4. The average Bonchev–Trinajstić information content (AvgIpc) is 2.31. The van der Waals surface area contributed by atoms with Crippen LogP contribution in [0.2, 0.25) is 0 Å². The van der Waals surface area contributed by atoms with Crippen LogP contribution in [0, 0.1) is 5.92 Å². The predicted octanol–water partition coefficient (Wildman–Crippen LogP) is 1.94. The summed E-state index contributed by atoms with van der Waals surface area (Å²) >= 11 is 0. The molecule has 1 heterocycles. The number of rotatable bonds is 4. The summed E-state index contributed by atoms with van der Waals surface area (Å²) in [5, 5.41) is 2.86. The Morgan fingerprint density at radius 3 is 2.28 bits per heavy atom. The van der Waals surface area contributed by atoms with Gasteiger partial charge in [-0.1, -0.05) is 27.7 Å². The predicted molar refractivity (Wildman–Crippen MR) is 72.1 cm³/mol. The van der Waals surface area contributed by atoms with Crippen molar-refractivity contribution in [2.45, 2.75) is 72.0 Å². The minimum Gasteiger partial charge on any atom is -0.340 e. The van der Waals surface area contributed by atoms with Gasteiger partial charge in [-0.3, -0.25) is 9.59 Å². The Morgan fingerprint density at radius 2 is 1.89 bits per heavy atom. The number of piperazine rings is 1. The van der Waals surface area contributed by atoms with Crippen molar-refractivity contribution in [1.29, 1.82) is 0 Å². The first kappa shape index (κ1) is 15.0. The molecule has 0 spiro atoms. The van der Waals surface area contributed by atoms with Crippen LogP contribution in [0.5, 0.6) is 0 Å². The number of carbonyl (C=O) groups is 2. The van der Waals surface area contributed by atoms with E-state index in [9.17, 15) is 9.59 Å². The van der Waals surface area contributed by atoms with Crippen LogP contribution >= 0.6 is 0 Å². The molecule has 3 atom stereocenters. The van der Waals surface area contributed by atoms with Crippen LogP contribution in [0.1, 0.15) is 54.4 Å². The van der Waals surface area contributed by atoms with Gasteiger partial charge >= 0.3 is 0 Å². The average molecular weight is 254 g/mol. The summed E-state index contributed by atoms with van der Waals surface area (Å²) < 4.78 is 0. The SMILES string of the molecule is CCC(C(C)C)N1C(=O)C(C)(CC)NC(=O)C1C. The third kappa shape index (κ3) is 2.38. The minimum absolute atomic E-state index is 0.0435. The lowest BCUT2D eigenvalue weighted by Gasteiger charge is -2.47. The smallest absolute Gasteiger partial charge is 0.248 e. The molecule has 1 aliphatic rings. The maximum Gasteiger partial charge on any atom is 0.248 e. The van der Waals surface area contributed by atoms with Crippen molar-refractivity contribution in [3.63, 3.8) is 0 Å². The molecular formula is C14H26N2O2. The summed E-state index contributed by atoms with van der Waals surface area (Å²) in [6, 6.07) is -0.242. The first-order valence-corrected chi connectivity index (χ1v) is 6.93. The number of hydrogen-bond acceptors (Lipinski definition) is 2. The van der Waals surface area contributed by atoms with Crippen molar-refractivity contribution in [2.24, 2.45) is 5.92 Å². The molecule has 0 aliphatic carbocycles. The van der Waals surface area contributed by atoms with E-state index in [0.717, 1.165) is 6.42 Å². The highest BCUT2D eigenvalue weighted by Gasteiger charge is 2.47. The molecule has 3 unspecified atom stereocenters. The van der Waals surface area contributed by atoms with E-state index in [1.807, 2.05) is 20.8 Å². The molecular weight excluding hydrogens is 228 g/mol. The van der Waals surface area contributed by atoms with E-state index in [0.29, 0.717) is 12.3 Å². The van der Waals surface area contributed by atoms with Crippen LogP contribution in [-0.2, 0) is 9.59 Å². The quantitative estimate of drug-likeness (QED) is 0.833. The van der Waals surface area contributed by atoms with Gasteiger partial charge in [0.2, 0.25) is 11.8 Å². The molecule has 4 nitrogen and oxygen atoms in total. The lowest BCUT2D eigenvalue weighted by atomic mass is 9.88. The Bertz CT molecular complexity index is 341. The summed E-state index contributed by atoms with van der Waals surface area (Å²) in [5.74, 6) is 0.365. The van der Waals surface area contributed by atoms with Crippen LogP contribution in [0.15, 0.2) is 0 Å². The molecule has 2 amide bonds. The van der Waals surface area contributed by atoms with E-state index in [1.54, 1.807) is 4.90 Å². The molecule has 0 bridgehead atoms. The van der Waals surface area contributed by atoms with Gasteiger partial charge in [0.15, 0.2) is 0 Å². The van der Waals surface area contributed by atoms with Gasteiger partial charge in [-0.25, -0.2) is 0 Å².